The summed E-state index contributed by atoms with van der Waals surface area (Å²) in [4.78, 5) is 17.9. The molecule has 2 heterocycles. The summed E-state index contributed by atoms with van der Waals surface area (Å²) in [6, 6.07) is 0.0181. The summed E-state index contributed by atoms with van der Waals surface area (Å²) in [7, 11) is -9.44. The number of hydrogen-bond acceptors (Lipinski definition) is 10. The van der Waals surface area contributed by atoms with Crippen LogP contribution in [0.25, 0.3) is 0 Å². The van der Waals surface area contributed by atoms with Crippen molar-refractivity contribution in [3.63, 3.8) is 0 Å². The Hall–Kier alpha value is -1.58. The molecule has 6 unspecified atom stereocenters. The van der Waals surface area contributed by atoms with Crippen LogP contribution in [0.1, 0.15) is 242 Å². The van der Waals surface area contributed by atoms with E-state index < -0.39 is 29.4 Å². The maximum absolute atomic E-state index is 11.9. The summed E-state index contributed by atoms with van der Waals surface area (Å²) in [5.74, 6) is 8.39. The lowest BCUT2D eigenvalue weighted by Crippen LogP contribution is -2.37. The molecule has 16 heteroatoms. The van der Waals surface area contributed by atoms with Gasteiger partial charge in [0.1, 0.15) is 40.3 Å². The van der Waals surface area contributed by atoms with Crippen molar-refractivity contribution in [2.45, 2.75) is 263 Å². The first-order valence-electron chi connectivity index (χ1n) is 31.0. The molecule has 4 rings (SSSR count). The van der Waals surface area contributed by atoms with Crippen LogP contribution in [-0.2, 0) is 40.1 Å². The molecule has 0 bridgehead atoms. The number of alkyl halides is 1. The summed E-state index contributed by atoms with van der Waals surface area (Å²) in [6.07, 6.45) is 27.3. The Morgan fingerprint density at radius 3 is 1.06 bits per heavy atom. The highest BCUT2D eigenvalue weighted by molar-refractivity contribution is 7.57. The van der Waals surface area contributed by atoms with Crippen LogP contribution in [0.4, 0.5) is 0 Å². The van der Waals surface area contributed by atoms with Gasteiger partial charge in [-0.3, -0.25) is 13.7 Å². The number of phosphoric acid groups is 1. The SMILES string of the molecule is CP(C)(=O)OCCl.Cc1c(C)c2c(c(C)c1OCOP(=O)(O)O)CCC(C)(CCCC(C)CCCC(C)CCCC(C)C)O2.Cc1c(C)c2c(c(C)c1OCOP(C)(C)=O)CCC(C)(CCCC(C)CCCC(C)CCCC(C)C)O2. The van der Waals surface area contributed by atoms with E-state index in [1.807, 2.05) is 20.8 Å². The Morgan fingerprint density at radius 2 is 0.778 bits per heavy atom. The largest absolute Gasteiger partial charge is 0.487 e. The Balaban J connectivity index is 0.000000494. The van der Waals surface area contributed by atoms with Crippen LogP contribution in [-0.4, -0.2) is 67.3 Å². The minimum Gasteiger partial charge on any atom is -0.487 e. The number of ether oxygens (including phenoxy) is 4. The van der Waals surface area contributed by atoms with Crippen molar-refractivity contribution in [3.8, 4) is 23.0 Å². The Morgan fingerprint density at radius 1 is 0.469 bits per heavy atom. The van der Waals surface area contributed by atoms with Gasteiger partial charge in [-0.2, -0.15) is 0 Å². The summed E-state index contributed by atoms with van der Waals surface area (Å²) in [6.45, 7) is 41.6. The minimum absolute atomic E-state index is 0.0119. The average molecular weight is 1220 g/mol. The zero-order chi connectivity index (χ0) is 61.5. The third-order valence-corrected chi connectivity index (χ3v) is 19.2. The van der Waals surface area contributed by atoms with Gasteiger partial charge in [-0.15, -0.1) is 0 Å². The molecule has 0 amide bonds. The van der Waals surface area contributed by atoms with Gasteiger partial charge < -0.3 is 33.3 Å². The molecule has 2 N–H and O–H groups in total. The lowest BCUT2D eigenvalue weighted by Gasteiger charge is -2.38. The van der Waals surface area contributed by atoms with Gasteiger partial charge in [0.2, 0.25) is 0 Å². The van der Waals surface area contributed by atoms with Gasteiger partial charge in [0, 0.05) is 37.8 Å². The highest BCUT2D eigenvalue weighted by Gasteiger charge is 2.36. The fourth-order valence-electron chi connectivity index (χ4n) is 11.4. The fourth-order valence-corrected chi connectivity index (χ4v) is 12.9. The van der Waals surface area contributed by atoms with E-state index in [-0.39, 0.29) is 24.1 Å². The number of rotatable bonds is 34. The van der Waals surface area contributed by atoms with Crippen LogP contribution in [0.3, 0.4) is 0 Å². The lowest BCUT2D eigenvalue weighted by molar-refractivity contribution is 0.0501. The maximum Gasteiger partial charge on any atom is 0.472 e. The van der Waals surface area contributed by atoms with Crippen LogP contribution in [0.15, 0.2) is 0 Å². The molecule has 2 aliphatic heterocycles. The van der Waals surface area contributed by atoms with Gasteiger partial charge in [-0.25, -0.2) is 9.09 Å². The summed E-state index contributed by atoms with van der Waals surface area (Å²) in [5, 5.41) is 0. The second-order valence-electron chi connectivity index (χ2n) is 26.9. The standard InChI is InChI=1S/C32H57O4P.C30H53O6P.C3H8ClO2P/c1-23(2)14-11-15-24(3)16-12-17-25(4)18-13-20-32(8)21-19-29-28(7)30(34-22-35-37(9,10)33)26(5)27(6)31(29)36-32;1-21(2)12-9-13-22(3)14-10-15-23(4)16-11-18-30(8)19-17-27-26(7)28(34-20-35-37(31,32)33)24(5)25(6)29(27)36-30;1-7(2,5)6-3-4/h23-25H,11-22H2,1-10H3;21-23H,9-20H2,1-8H3,(H2,31,32,33);3H2,1-2H3. The summed E-state index contributed by atoms with van der Waals surface area (Å²) >= 11 is 5.09. The van der Waals surface area contributed by atoms with E-state index in [2.05, 4.69) is 99.1 Å². The molecule has 0 aliphatic carbocycles. The molecular formula is C65H118ClO12P3. The van der Waals surface area contributed by atoms with E-state index in [0.717, 1.165) is 130 Å². The normalized spacial score (nSPS) is 18.8. The van der Waals surface area contributed by atoms with E-state index in [9.17, 15) is 13.7 Å². The molecule has 81 heavy (non-hydrogen) atoms. The van der Waals surface area contributed by atoms with Crippen molar-refractivity contribution < 1.29 is 56.0 Å². The maximum atomic E-state index is 11.9. The average Bonchev–Trinajstić information content (AvgIpc) is 3.33. The molecule has 472 valence electrons. The smallest absolute Gasteiger partial charge is 0.472 e. The minimum atomic E-state index is -4.57. The van der Waals surface area contributed by atoms with E-state index in [0.29, 0.717) is 5.75 Å². The van der Waals surface area contributed by atoms with E-state index >= 15 is 0 Å². The first-order valence-corrected chi connectivity index (χ1v) is 38.1. The number of halogens is 1. The third-order valence-electron chi connectivity index (χ3n) is 17.0. The first-order chi connectivity index (χ1) is 37.5. The van der Waals surface area contributed by atoms with Crippen molar-refractivity contribution in [2.75, 3.05) is 46.3 Å². The van der Waals surface area contributed by atoms with Crippen LogP contribution >= 0.6 is 34.2 Å². The topological polar surface area (TPSA) is 156 Å². The van der Waals surface area contributed by atoms with E-state index in [1.54, 1.807) is 13.3 Å². The molecule has 0 radical (unpaired) electrons. The molecule has 2 aromatic rings. The molecule has 0 saturated carbocycles. The second-order valence-corrected chi connectivity index (χ2v) is 33.8. The van der Waals surface area contributed by atoms with Crippen molar-refractivity contribution in [3.05, 3.63) is 44.5 Å². The fraction of sp³-hybridized carbons (Fsp3) is 0.815. The van der Waals surface area contributed by atoms with Gasteiger partial charge >= 0.3 is 7.82 Å². The highest BCUT2D eigenvalue weighted by Crippen LogP contribution is 2.48. The number of benzene rings is 2. The van der Waals surface area contributed by atoms with E-state index in [1.165, 1.54) is 122 Å². The second kappa shape index (κ2) is 35.9. The predicted octanol–water partition coefficient (Wildman–Crippen LogP) is 20.3. The van der Waals surface area contributed by atoms with Gasteiger partial charge in [-0.1, -0.05) is 157 Å². The lowest BCUT2D eigenvalue weighted by atomic mass is 9.83. The molecule has 0 aromatic heterocycles. The summed E-state index contributed by atoms with van der Waals surface area (Å²) in [5.41, 5.74) is 8.35. The van der Waals surface area contributed by atoms with Crippen LogP contribution in [0.5, 0.6) is 23.0 Å². The first kappa shape index (κ1) is 75.5. The highest BCUT2D eigenvalue weighted by atomic mass is 35.5. The molecule has 2 aromatic carbocycles. The Kier molecular flexibility index (Phi) is 33.5. The van der Waals surface area contributed by atoms with E-state index in [4.69, 9.17) is 44.9 Å². The van der Waals surface area contributed by atoms with Gasteiger partial charge in [-0.05, 0) is 176 Å². The van der Waals surface area contributed by atoms with Gasteiger partial charge in [0.05, 0.1) is 0 Å². The van der Waals surface area contributed by atoms with Crippen LogP contribution in [0, 0.1) is 77.0 Å². The molecular weight excluding hydrogens is 1100 g/mol. The zero-order valence-electron chi connectivity index (χ0n) is 54.8. The quantitative estimate of drug-likeness (QED) is 0.0389. The predicted molar refractivity (Wildman–Crippen MR) is 341 cm³/mol. The molecule has 6 atom stereocenters. The van der Waals surface area contributed by atoms with Gasteiger partial charge in [0.15, 0.2) is 28.3 Å². The Bertz CT molecular complexity index is 2170. The van der Waals surface area contributed by atoms with Gasteiger partial charge in [0.25, 0.3) is 0 Å². The number of hydrogen-bond donors (Lipinski definition) is 2. The third kappa shape index (κ3) is 29.6. The van der Waals surface area contributed by atoms with Crippen molar-refractivity contribution in [1.82, 2.24) is 0 Å². The molecule has 0 spiro atoms. The molecule has 2 aliphatic rings. The number of fused-ring (bicyclic) bond motifs is 2. The Labute approximate surface area is 500 Å². The van der Waals surface area contributed by atoms with Crippen LogP contribution in [0.2, 0.25) is 0 Å². The monoisotopic (exact) mass is 1220 g/mol. The van der Waals surface area contributed by atoms with Crippen LogP contribution < -0.4 is 18.9 Å². The van der Waals surface area contributed by atoms with Crippen molar-refractivity contribution in [2.24, 2.45) is 35.5 Å². The number of phosphoric ester groups is 1. The van der Waals surface area contributed by atoms with Crippen molar-refractivity contribution >= 4 is 34.2 Å². The summed E-state index contributed by atoms with van der Waals surface area (Å²) < 4.78 is 72.8. The molecule has 0 fully saturated rings. The zero-order valence-corrected chi connectivity index (χ0v) is 58.3. The molecule has 12 nitrogen and oxygen atoms in total. The molecule has 0 saturated heterocycles. The van der Waals surface area contributed by atoms with Crippen molar-refractivity contribution in [1.29, 1.82) is 0 Å².